The number of nitrogens with one attached hydrogen (secondary N) is 1. The van der Waals surface area contributed by atoms with Crippen molar-refractivity contribution in [2.24, 2.45) is 0 Å². The SMILES string of the molecule is C[C@@H](Oc1ccccc1/C=C1\C(=O)NC(=O)N(c2ccccc2F)C1=O)C(=O)O. The van der Waals surface area contributed by atoms with Gasteiger partial charge in [0, 0.05) is 5.56 Å². The van der Waals surface area contributed by atoms with Crippen LogP contribution in [0.4, 0.5) is 14.9 Å². The topological polar surface area (TPSA) is 113 Å². The van der Waals surface area contributed by atoms with Crippen molar-refractivity contribution in [1.82, 2.24) is 5.32 Å². The molecule has 4 amide bonds. The van der Waals surface area contributed by atoms with Crippen LogP contribution in [0.1, 0.15) is 12.5 Å². The number of anilines is 1. The van der Waals surface area contributed by atoms with Crippen molar-refractivity contribution in [2.45, 2.75) is 13.0 Å². The van der Waals surface area contributed by atoms with Crippen LogP contribution >= 0.6 is 0 Å². The molecule has 1 heterocycles. The quantitative estimate of drug-likeness (QED) is 0.591. The van der Waals surface area contributed by atoms with Crippen molar-refractivity contribution in [1.29, 1.82) is 0 Å². The molecule has 1 fully saturated rings. The summed E-state index contributed by atoms with van der Waals surface area (Å²) in [5, 5.41) is 11.0. The molecule has 1 atom stereocenters. The average molecular weight is 398 g/mol. The van der Waals surface area contributed by atoms with Gasteiger partial charge in [0.2, 0.25) is 0 Å². The third kappa shape index (κ3) is 3.98. The van der Waals surface area contributed by atoms with E-state index in [0.717, 1.165) is 12.1 Å². The lowest BCUT2D eigenvalue weighted by molar-refractivity contribution is -0.144. The monoisotopic (exact) mass is 398 g/mol. The highest BCUT2D eigenvalue weighted by molar-refractivity contribution is 6.39. The van der Waals surface area contributed by atoms with Gasteiger partial charge in [-0.15, -0.1) is 0 Å². The second kappa shape index (κ2) is 7.93. The van der Waals surface area contributed by atoms with Crippen LogP contribution in [0.15, 0.2) is 54.1 Å². The standard InChI is InChI=1S/C20H15FN2O6/c1-11(19(26)27)29-16-9-5-2-6-12(16)10-13-17(24)22-20(28)23(18(13)25)15-8-4-3-7-14(15)21/h2-11H,1H3,(H,26,27)(H,22,24,28)/b13-10+/t11-/m1/s1. The molecule has 1 saturated heterocycles. The first-order valence-corrected chi connectivity index (χ1v) is 8.44. The number of para-hydroxylation sites is 2. The Bertz CT molecular complexity index is 1050. The first kappa shape index (κ1) is 19.7. The fourth-order valence-corrected chi connectivity index (χ4v) is 2.61. The van der Waals surface area contributed by atoms with Gasteiger partial charge in [-0.05, 0) is 31.2 Å². The number of nitrogens with zero attached hydrogens (tertiary/aromatic N) is 1. The van der Waals surface area contributed by atoms with Gasteiger partial charge in [-0.2, -0.15) is 0 Å². The smallest absolute Gasteiger partial charge is 0.344 e. The molecule has 2 aromatic rings. The van der Waals surface area contributed by atoms with Gasteiger partial charge in [0.1, 0.15) is 17.1 Å². The number of aliphatic carboxylic acids is 1. The van der Waals surface area contributed by atoms with Gasteiger partial charge in [-0.1, -0.05) is 30.3 Å². The lowest BCUT2D eigenvalue weighted by atomic mass is 10.1. The fourth-order valence-electron chi connectivity index (χ4n) is 2.61. The molecule has 2 N–H and O–H groups in total. The Morgan fingerprint density at radius 3 is 2.48 bits per heavy atom. The number of rotatable bonds is 5. The maximum atomic E-state index is 14.1. The molecule has 0 saturated carbocycles. The Morgan fingerprint density at radius 2 is 1.79 bits per heavy atom. The van der Waals surface area contributed by atoms with Crippen LogP contribution in [0.25, 0.3) is 6.08 Å². The highest BCUT2D eigenvalue weighted by atomic mass is 19.1. The molecule has 0 bridgehead atoms. The van der Waals surface area contributed by atoms with Crippen molar-refractivity contribution >= 4 is 35.6 Å². The number of amides is 4. The number of barbiturate groups is 1. The number of carboxylic acids is 1. The zero-order chi connectivity index (χ0) is 21.1. The molecule has 0 aromatic heterocycles. The van der Waals surface area contributed by atoms with Gasteiger partial charge in [-0.25, -0.2) is 18.9 Å². The molecular weight excluding hydrogens is 383 g/mol. The number of benzene rings is 2. The molecule has 9 heteroatoms. The minimum atomic E-state index is -1.20. The van der Waals surface area contributed by atoms with Crippen LogP contribution in [0.2, 0.25) is 0 Å². The van der Waals surface area contributed by atoms with E-state index in [4.69, 9.17) is 9.84 Å². The second-order valence-corrected chi connectivity index (χ2v) is 6.05. The summed E-state index contributed by atoms with van der Waals surface area (Å²) in [6, 6.07) is 10.2. The van der Waals surface area contributed by atoms with E-state index in [1.165, 1.54) is 37.3 Å². The van der Waals surface area contributed by atoms with Crippen LogP contribution in [-0.2, 0) is 14.4 Å². The van der Waals surface area contributed by atoms with Gasteiger partial charge < -0.3 is 9.84 Å². The number of urea groups is 1. The molecular formula is C20H15FN2O6. The van der Waals surface area contributed by atoms with E-state index in [-0.39, 0.29) is 17.0 Å². The average Bonchev–Trinajstić information content (AvgIpc) is 2.67. The summed E-state index contributed by atoms with van der Waals surface area (Å²) in [5.41, 5.74) is -0.508. The van der Waals surface area contributed by atoms with Gasteiger partial charge >= 0.3 is 12.0 Å². The van der Waals surface area contributed by atoms with Gasteiger partial charge in [0.25, 0.3) is 11.8 Å². The Kier molecular flexibility index (Phi) is 5.40. The van der Waals surface area contributed by atoms with E-state index < -0.39 is 41.3 Å². The number of imide groups is 2. The first-order chi connectivity index (χ1) is 13.8. The van der Waals surface area contributed by atoms with E-state index in [1.54, 1.807) is 12.1 Å². The summed E-state index contributed by atoms with van der Waals surface area (Å²) >= 11 is 0. The van der Waals surface area contributed by atoms with Gasteiger partial charge in [0.15, 0.2) is 6.10 Å². The fraction of sp³-hybridized carbons (Fsp3) is 0.100. The number of carboxylic acid groups (broad SMARTS) is 1. The Balaban J connectivity index is 2.02. The summed E-state index contributed by atoms with van der Waals surface area (Å²) in [6.07, 6.45) is -0.0242. The van der Waals surface area contributed by atoms with Gasteiger partial charge in [0.05, 0.1) is 5.69 Å². The summed E-state index contributed by atoms with van der Waals surface area (Å²) in [5.74, 6) is -3.89. The van der Waals surface area contributed by atoms with Gasteiger partial charge in [-0.3, -0.25) is 14.9 Å². The lowest BCUT2D eigenvalue weighted by Crippen LogP contribution is -2.54. The molecule has 148 valence electrons. The largest absolute Gasteiger partial charge is 0.479 e. The van der Waals surface area contributed by atoms with Crippen molar-refractivity contribution in [3.05, 3.63) is 65.5 Å². The number of carbonyl (C=O) groups is 4. The number of ether oxygens (including phenoxy) is 1. The molecule has 1 aliphatic rings. The summed E-state index contributed by atoms with van der Waals surface area (Å²) in [7, 11) is 0. The molecule has 2 aromatic carbocycles. The third-order valence-electron chi connectivity index (χ3n) is 4.07. The number of halogens is 1. The molecule has 29 heavy (non-hydrogen) atoms. The van der Waals surface area contributed by atoms with E-state index >= 15 is 0 Å². The number of hydrogen-bond donors (Lipinski definition) is 2. The highest BCUT2D eigenvalue weighted by Gasteiger charge is 2.38. The van der Waals surface area contributed by atoms with E-state index in [9.17, 15) is 23.6 Å². The van der Waals surface area contributed by atoms with Crippen molar-refractivity contribution in [3.8, 4) is 5.75 Å². The summed E-state index contributed by atoms with van der Waals surface area (Å²) < 4.78 is 19.4. The minimum absolute atomic E-state index is 0.116. The normalized spacial score (nSPS) is 16.6. The summed E-state index contributed by atoms with van der Waals surface area (Å²) in [6.45, 7) is 1.32. The predicted molar refractivity (Wildman–Crippen MR) is 99.6 cm³/mol. The van der Waals surface area contributed by atoms with Crippen molar-refractivity contribution in [2.75, 3.05) is 4.90 Å². The van der Waals surface area contributed by atoms with Crippen LogP contribution in [-0.4, -0.2) is 35.0 Å². The molecule has 0 spiro atoms. The predicted octanol–water partition coefficient (Wildman–Crippen LogP) is 2.34. The van der Waals surface area contributed by atoms with Crippen molar-refractivity contribution < 1.29 is 33.4 Å². The zero-order valence-corrected chi connectivity index (χ0v) is 15.1. The van der Waals surface area contributed by atoms with E-state index in [2.05, 4.69) is 0 Å². The van der Waals surface area contributed by atoms with Crippen LogP contribution in [0.5, 0.6) is 5.75 Å². The van der Waals surface area contributed by atoms with E-state index in [1.807, 2.05) is 5.32 Å². The molecule has 0 unspecified atom stereocenters. The molecule has 8 nitrogen and oxygen atoms in total. The molecule has 0 aliphatic carbocycles. The lowest BCUT2D eigenvalue weighted by Gasteiger charge is -2.26. The third-order valence-corrected chi connectivity index (χ3v) is 4.07. The second-order valence-electron chi connectivity index (χ2n) is 6.05. The molecule has 3 rings (SSSR count). The van der Waals surface area contributed by atoms with Crippen molar-refractivity contribution in [3.63, 3.8) is 0 Å². The highest BCUT2D eigenvalue weighted by Crippen LogP contribution is 2.27. The molecule has 1 aliphatic heterocycles. The summed E-state index contributed by atoms with van der Waals surface area (Å²) in [4.78, 5) is 48.8. The van der Waals surface area contributed by atoms with Crippen LogP contribution < -0.4 is 15.0 Å². The zero-order valence-electron chi connectivity index (χ0n) is 15.1. The Morgan fingerprint density at radius 1 is 1.14 bits per heavy atom. The number of carbonyl (C=O) groups excluding carboxylic acids is 3. The minimum Gasteiger partial charge on any atom is -0.479 e. The number of hydrogen-bond acceptors (Lipinski definition) is 5. The maximum Gasteiger partial charge on any atom is 0.344 e. The Hall–Kier alpha value is -4.01. The molecule has 0 radical (unpaired) electrons. The van der Waals surface area contributed by atoms with Crippen LogP contribution in [0, 0.1) is 5.82 Å². The maximum absolute atomic E-state index is 14.1. The van der Waals surface area contributed by atoms with Crippen LogP contribution in [0.3, 0.4) is 0 Å². The van der Waals surface area contributed by atoms with E-state index in [0.29, 0.717) is 4.90 Å². The first-order valence-electron chi connectivity index (χ1n) is 8.44. The Labute approximate surface area is 164 Å².